The lowest BCUT2D eigenvalue weighted by molar-refractivity contribution is 0.0854. The molecule has 27 heavy (non-hydrogen) atoms. The van der Waals surface area contributed by atoms with Gasteiger partial charge in [-0.15, -0.1) is 0 Å². The highest BCUT2D eigenvalue weighted by Gasteiger charge is 2.16. The zero-order valence-corrected chi connectivity index (χ0v) is 14.3. The molecular formula is C20H18N4O3. The number of nitrogen functional groups attached to an aromatic ring is 2. The molecule has 3 aromatic rings. The highest BCUT2D eigenvalue weighted by Crippen LogP contribution is 2.21. The topological polar surface area (TPSA) is 122 Å². The van der Waals surface area contributed by atoms with E-state index in [9.17, 15) is 14.8 Å². The summed E-state index contributed by atoms with van der Waals surface area (Å²) in [5.41, 5.74) is 13.7. The van der Waals surface area contributed by atoms with Crippen molar-refractivity contribution in [3.63, 3.8) is 0 Å². The molecule has 6 N–H and O–H groups in total. The molecule has 0 saturated carbocycles. The van der Waals surface area contributed by atoms with E-state index in [1.807, 2.05) is 0 Å². The van der Waals surface area contributed by atoms with Gasteiger partial charge in [-0.3, -0.25) is 14.8 Å². The quantitative estimate of drug-likeness (QED) is 0.323. The van der Waals surface area contributed by atoms with Crippen LogP contribution in [-0.2, 0) is 0 Å². The van der Waals surface area contributed by atoms with Crippen LogP contribution in [0.4, 0.5) is 22.7 Å². The van der Waals surface area contributed by atoms with Gasteiger partial charge in [0.2, 0.25) is 0 Å². The first-order valence-electron chi connectivity index (χ1n) is 8.10. The van der Waals surface area contributed by atoms with Crippen molar-refractivity contribution >= 4 is 34.6 Å². The minimum atomic E-state index is -0.614. The Morgan fingerprint density at radius 1 is 0.815 bits per heavy atom. The number of benzene rings is 3. The molecule has 136 valence electrons. The smallest absolute Gasteiger partial charge is 0.281 e. The van der Waals surface area contributed by atoms with Crippen molar-refractivity contribution in [3.05, 3.63) is 83.9 Å². The van der Waals surface area contributed by atoms with Crippen molar-refractivity contribution in [3.8, 4) is 0 Å². The Morgan fingerprint density at radius 3 is 1.96 bits per heavy atom. The Bertz CT molecular complexity index is 969. The molecule has 7 heteroatoms. The second-order valence-electron chi connectivity index (χ2n) is 5.87. The third-order valence-corrected chi connectivity index (χ3v) is 3.87. The van der Waals surface area contributed by atoms with Crippen LogP contribution in [0.25, 0.3) is 0 Å². The van der Waals surface area contributed by atoms with E-state index < -0.39 is 5.91 Å². The van der Waals surface area contributed by atoms with E-state index >= 15 is 0 Å². The first-order valence-corrected chi connectivity index (χ1v) is 8.10. The molecule has 0 aliphatic rings. The molecule has 0 aliphatic carbocycles. The van der Waals surface area contributed by atoms with Crippen molar-refractivity contribution in [2.75, 3.05) is 21.8 Å². The van der Waals surface area contributed by atoms with Crippen LogP contribution >= 0.6 is 0 Å². The second-order valence-corrected chi connectivity index (χ2v) is 5.87. The van der Waals surface area contributed by atoms with E-state index in [0.29, 0.717) is 27.7 Å². The standard InChI is InChI=1S/C20H18N4O3/c21-15-8-4-13(5-9-15)19(25)23-17-2-1-3-18(12-17)24(27)20(26)14-6-10-16(22)11-7-14/h1-12,27H,21-22H2,(H,23,25). The predicted molar refractivity (Wildman–Crippen MR) is 105 cm³/mol. The molecule has 0 spiro atoms. The summed E-state index contributed by atoms with van der Waals surface area (Å²) in [4.78, 5) is 24.7. The maximum Gasteiger partial charge on any atom is 0.281 e. The Balaban J connectivity index is 1.76. The Hall–Kier alpha value is -3.84. The number of nitrogens with two attached hydrogens (primary N) is 2. The van der Waals surface area contributed by atoms with Gasteiger partial charge in [-0.1, -0.05) is 6.07 Å². The van der Waals surface area contributed by atoms with Gasteiger partial charge in [0.1, 0.15) is 0 Å². The van der Waals surface area contributed by atoms with Crippen molar-refractivity contribution in [1.29, 1.82) is 0 Å². The minimum Gasteiger partial charge on any atom is -0.399 e. The van der Waals surface area contributed by atoms with Crippen molar-refractivity contribution in [2.24, 2.45) is 0 Å². The van der Waals surface area contributed by atoms with Crippen LogP contribution in [0.3, 0.4) is 0 Å². The fourth-order valence-electron chi connectivity index (χ4n) is 2.42. The average molecular weight is 362 g/mol. The summed E-state index contributed by atoms with van der Waals surface area (Å²) >= 11 is 0. The number of hydroxylamine groups is 1. The van der Waals surface area contributed by atoms with Gasteiger partial charge in [0.25, 0.3) is 11.8 Å². The van der Waals surface area contributed by atoms with Gasteiger partial charge in [-0.2, -0.15) is 5.06 Å². The third kappa shape index (κ3) is 4.23. The summed E-state index contributed by atoms with van der Waals surface area (Å²) in [7, 11) is 0. The number of nitrogens with zero attached hydrogens (tertiary/aromatic N) is 1. The third-order valence-electron chi connectivity index (χ3n) is 3.87. The summed E-state index contributed by atoms with van der Waals surface area (Å²) in [6.07, 6.45) is 0. The van der Waals surface area contributed by atoms with Crippen molar-refractivity contribution in [2.45, 2.75) is 0 Å². The van der Waals surface area contributed by atoms with Gasteiger partial charge >= 0.3 is 0 Å². The molecule has 2 amide bonds. The summed E-state index contributed by atoms with van der Waals surface area (Å²) in [5.74, 6) is -0.946. The Labute approximate surface area is 155 Å². The molecule has 0 aromatic heterocycles. The molecule has 0 radical (unpaired) electrons. The van der Waals surface area contributed by atoms with Crippen molar-refractivity contribution < 1.29 is 14.8 Å². The SMILES string of the molecule is Nc1ccc(C(=O)Nc2cccc(N(O)C(=O)c3ccc(N)cc3)c2)cc1. The summed E-state index contributed by atoms with van der Waals surface area (Å²) in [6, 6.07) is 19.0. The molecule has 0 saturated heterocycles. The lowest BCUT2D eigenvalue weighted by Crippen LogP contribution is -2.27. The van der Waals surface area contributed by atoms with E-state index in [1.54, 1.807) is 54.6 Å². The molecule has 0 unspecified atom stereocenters. The van der Waals surface area contributed by atoms with E-state index in [2.05, 4.69) is 5.32 Å². The molecule has 0 fully saturated rings. The zero-order valence-electron chi connectivity index (χ0n) is 14.3. The van der Waals surface area contributed by atoms with E-state index in [-0.39, 0.29) is 17.2 Å². The lowest BCUT2D eigenvalue weighted by atomic mass is 10.1. The molecule has 7 nitrogen and oxygen atoms in total. The van der Waals surface area contributed by atoms with Crippen molar-refractivity contribution in [1.82, 2.24) is 0 Å². The fourth-order valence-corrected chi connectivity index (χ4v) is 2.42. The number of rotatable bonds is 4. The average Bonchev–Trinajstić information content (AvgIpc) is 2.68. The summed E-state index contributed by atoms with van der Waals surface area (Å²) < 4.78 is 0. The van der Waals surface area contributed by atoms with Crippen LogP contribution in [0.15, 0.2) is 72.8 Å². The highest BCUT2D eigenvalue weighted by atomic mass is 16.5. The van der Waals surface area contributed by atoms with E-state index in [0.717, 1.165) is 0 Å². The van der Waals surface area contributed by atoms with Crippen LogP contribution in [0.1, 0.15) is 20.7 Å². The molecule has 0 heterocycles. The first kappa shape index (κ1) is 18.0. The summed E-state index contributed by atoms with van der Waals surface area (Å²) in [5, 5.41) is 13.5. The van der Waals surface area contributed by atoms with Gasteiger partial charge in [0.15, 0.2) is 0 Å². The van der Waals surface area contributed by atoms with Crippen LogP contribution in [-0.4, -0.2) is 17.0 Å². The zero-order chi connectivity index (χ0) is 19.4. The van der Waals surface area contributed by atoms with Gasteiger partial charge in [-0.05, 0) is 66.7 Å². The van der Waals surface area contributed by atoms with Crippen LogP contribution in [0.5, 0.6) is 0 Å². The predicted octanol–water partition coefficient (Wildman–Crippen LogP) is 3.14. The van der Waals surface area contributed by atoms with Crippen LogP contribution in [0, 0.1) is 0 Å². The molecular weight excluding hydrogens is 344 g/mol. The minimum absolute atomic E-state index is 0.215. The molecule has 0 bridgehead atoms. The lowest BCUT2D eigenvalue weighted by Gasteiger charge is -2.16. The Kier molecular flexibility index (Phi) is 5.05. The molecule has 3 rings (SSSR count). The van der Waals surface area contributed by atoms with Crippen LogP contribution in [0.2, 0.25) is 0 Å². The van der Waals surface area contributed by atoms with Crippen LogP contribution < -0.4 is 21.8 Å². The van der Waals surface area contributed by atoms with Gasteiger partial charge < -0.3 is 16.8 Å². The van der Waals surface area contributed by atoms with Gasteiger partial charge in [-0.25, -0.2) is 0 Å². The number of carbonyl (C=O) groups excluding carboxylic acids is 2. The number of anilines is 4. The molecule has 0 aliphatic heterocycles. The maximum atomic E-state index is 12.4. The highest BCUT2D eigenvalue weighted by molar-refractivity contribution is 6.06. The first-order chi connectivity index (χ1) is 12.9. The molecule has 3 aromatic carbocycles. The summed E-state index contributed by atoms with van der Waals surface area (Å²) in [6.45, 7) is 0. The van der Waals surface area contributed by atoms with Gasteiger partial charge in [0.05, 0.1) is 5.69 Å². The normalized spacial score (nSPS) is 10.3. The second kappa shape index (κ2) is 7.59. The number of carbonyl (C=O) groups is 2. The maximum absolute atomic E-state index is 12.4. The monoisotopic (exact) mass is 362 g/mol. The van der Waals surface area contributed by atoms with Gasteiger partial charge in [0, 0.05) is 28.2 Å². The number of hydrogen-bond donors (Lipinski definition) is 4. The largest absolute Gasteiger partial charge is 0.399 e. The molecule has 0 atom stereocenters. The number of nitrogens with one attached hydrogen (secondary N) is 1. The van der Waals surface area contributed by atoms with E-state index in [4.69, 9.17) is 11.5 Å². The van der Waals surface area contributed by atoms with E-state index in [1.165, 1.54) is 18.2 Å². The fraction of sp³-hybridized carbons (Fsp3) is 0. The number of hydrogen-bond acceptors (Lipinski definition) is 5. The number of amides is 2. The Morgan fingerprint density at radius 2 is 1.37 bits per heavy atom.